The summed E-state index contributed by atoms with van der Waals surface area (Å²) in [6, 6.07) is 17.2. The van der Waals surface area contributed by atoms with Gasteiger partial charge in [0.05, 0.1) is 0 Å². The monoisotopic (exact) mass is 276 g/mol. The minimum absolute atomic E-state index is 0.185. The van der Waals surface area contributed by atoms with Gasteiger partial charge < -0.3 is 0 Å². The fraction of sp³-hybridized carbons (Fsp3) is 0.294. The van der Waals surface area contributed by atoms with E-state index in [1.807, 2.05) is 12.1 Å². The molecule has 0 spiro atoms. The van der Waals surface area contributed by atoms with Crippen LogP contribution in [0.3, 0.4) is 0 Å². The number of alkyl halides is 1. The summed E-state index contributed by atoms with van der Waals surface area (Å²) in [4.78, 5) is 0. The molecule has 0 heterocycles. The molecule has 2 heteroatoms. The molecule has 0 fully saturated rings. The Morgan fingerprint density at radius 2 is 1.79 bits per heavy atom. The Morgan fingerprint density at radius 3 is 2.47 bits per heavy atom. The molecule has 2 aromatic carbocycles. The van der Waals surface area contributed by atoms with Gasteiger partial charge in [-0.3, -0.25) is 0 Å². The molecule has 0 nitrogen and oxygen atoms in total. The van der Waals surface area contributed by atoms with Crippen LogP contribution in [0.5, 0.6) is 0 Å². The molecule has 0 saturated carbocycles. The van der Waals surface area contributed by atoms with Crippen LogP contribution in [-0.4, -0.2) is 5.88 Å². The third-order valence-electron chi connectivity index (χ3n) is 3.37. The van der Waals surface area contributed by atoms with Crippen LogP contribution in [0.15, 0.2) is 54.6 Å². The molecule has 2 rings (SSSR count). The Kier molecular flexibility index (Phi) is 5.41. The molecule has 2 aromatic rings. The predicted molar refractivity (Wildman–Crippen MR) is 79.2 cm³/mol. The molecular formula is C17H18ClF. The lowest BCUT2D eigenvalue weighted by Crippen LogP contribution is -2.02. The number of benzene rings is 2. The van der Waals surface area contributed by atoms with Crippen LogP contribution >= 0.6 is 11.6 Å². The smallest absolute Gasteiger partial charge is 0.123 e. The van der Waals surface area contributed by atoms with Crippen molar-refractivity contribution >= 4 is 11.6 Å². The van der Waals surface area contributed by atoms with Crippen LogP contribution in [0.4, 0.5) is 4.39 Å². The van der Waals surface area contributed by atoms with Gasteiger partial charge in [-0.1, -0.05) is 42.5 Å². The minimum Gasteiger partial charge on any atom is -0.207 e. The summed E-state index contributed by atoms with van der Waals surface area (Å²) in [6.45, 7) is 0. The van der Waals surface area contributed by atoms with Gasteiger partial charge in [0.25, 0.3) is 0 Å². The Bertz CT molecular complexity index is 496. The van der Waals surface area contributed by atoms with Gasteiger partial charge in [0.2, 0.25) is 0 Å². The van der Waals surface area contributed by atoms with Crippen LogP contribution in [0.25, 0.3) is 0 Å². The lowest BCUT2D eigenvalue weighted by atomic mass is 9.94. The Labute approximate surface area is 119 Å². The summed E-state index contributed by atoms with van der Waals surface area (Å²) >= 11 is 6.01. The maximum atomic E-state index is 13.2. The summed E-state index contributed by atoms with van der Waals surface area (Å²) in [6.07, 6.45) is 3.10. The molecule has 0 aromatic heterocycles. The first-order valence-corrected chi connectivity index (χ1v) is 7.18. The summed E-state index contributed by atoms with van der Waals surface area (Å²) in [5, 5.41) is 0. The summed E-state index contributed by atoms with van der Waals surface area (Å²) < 4.78 is 13.2. The Morgan fingerprint density at radius 1 is 1.00 bits per heavy atom. The van der Waals surface area contributed by atoms with Gasteiger partial charge in [0.15, 0.2) is 0 Å². The van der Waals surface area contributed by atoms with Crippen molar-refractivity contribution in [3.63, 3.8) is 0 Å². The summed E-state index contributed by atoms with van der Waals surface area (Å²) in [5.41, 5.74) is 2.35. The molecule has 0 radical (unpaired) electrons. The molecule has 0 bridgehead atoms. The summed E-state index contributed by atoms with van der Waals surface area (Å²) in [7, 11) is 0. The third kappa shape index (κ3) is 4.36. The van der Waals surface area contributed by atoms with E-state index in [1.54, 1.807) is 12.1 Å². The van der Waals surface area contributed by atoms with Crippen LogP contribution < -0.4 is 0 Å². The average Bonchev–Trinajstić information content (AvgIpc) is 2.45. The van der Waals surface area contributed by atoms with E-state index < -0.39 is 0 Å². The molecule has 0 N–H and O–H groups in total. The standard InChI is InChI=1S/C17H18ClF/c18-13-16(15-9-5-11-17(19)12-15)10-4-8-14-6-2-1-3-7-14/h1-3,5-7,9,11-12,16H,4,8,10,13H2. The van der Waals surface area contributed by atoms with Gasteiger partial charge in [-0.2, -0.15) is 0 Å². The maximum absolute atomic E-state index is 13.2. The zero-order valence-corrected chi connectivity index (χ0v) is 11.6. The quantitative estimate of drug-likeness (QED) is 0.639. The normalized spacial score (nSPS) is 12.3. The Balaban J connectivity index is 1.89. The van der Waals surface area contributed by atoms with Gasteiger partial charge in [0, 0.05) is 5.88 Å². The van der Waals surface area contributed by atoms with Crippen LogP contribution in [0.2, 0.25) is 0 Å². The van der Waals surface area contributed by atoms with E-state index in [1.165, 1.54) is 11.6 Å². The largest absolute Gasteiger partial charge is 0.207 e. The minimum atomic E-state index is -0.185. The molecular weight excluding hydrogens is 259 g/mol. The van der Waals surface area contributed by atoms with E-state index in [4.69, 9.17) is 11.6 Å². The average molecular weight is 277 g/mol. The first kappa shape index (κ1) is 14.1. The highest BCUT2D eigenvalue weighted by atomic mass is 35.5. The molecule has 100 valence electrons. The van der Waals surface area contributed by atoms with E-state index in [2.05, 4.69) is 24.3 Å². The van der Waals surface area contributed by atoms with Crippen molar-refractivity contribution in [2.24, 2.45) is 0 Å². The SMILES string of the molecule is Fc1cccc(C(CCl)CCCc2ccccc2)c1. The number of hydrogen-bond donors (Lipinski definition) is 0. The fourth-order valence-corrected chi connectivity index (χ4v) is 2.62. The molecule has 1 atom stereocenters. The van der Waals surface area contributed by atoms with E-state index in [9.17, 15) is 4.39 Å². The van der Waals surface area contributed by atoms with Crippen molar-refractivity contribution < 1.29 is 4.39 Å². The number of aryl methyl sites for hydroxylation is 1. The summed E-state index contributed by atoms with van der Waals surface area (Å²) in [5.74, 6) is 0.592. The van der Waals surface area contributed by atoms with E-state index in [0.717, 1.165) is 24.8 Å². The Hall–Kier alpha value is -1.34. The molecule has 0 aliphatic heterocycles. The zero-order chi connectivity index (χ0) is 13.5. The van der Waals surface area contributed by atoms with Crippen LogP contribution in [-0.2, 0) is 6.42 Å². The first-order chi connectivity index (χ1) is 9.29. The molecule has 1 unspecified atom stereocenters. The highest BCUT2D eigenvalue weighted by molar-refractivity contribution is 6.18. The van der Waals surface area contributed by atoms with Crippen molar-refractivity contribution in [3.8, 4) is 0 Å². The highest BCUT2D eigenvalue weighted by Gasteiger charge is 2.10. The first-order valence-electron chi connectivity index (χ1n) is 6.65. The molecule has 0 amide bonds. The molecule has 0 aliphatic carbocycles. The number of hydrogen-bond acceptors (Lipinski definition) is 0. The van der Waals surface area contributed by atoms with E-state index in [-0.39, 0.29) is 11.7 Å². The van der Waals surface area contributed by atoms with Gasteiger partial charge in [0.1, 0.15) is 5.82 Å². The second kappa shape index (κ2) is 7.30. The molecule has 19 heavy (non-hydrogen) atoms. The van der Waals surface area contributed by atoms with Crippen molar-refractivity contribution in [1.82, 2.24) is 0 Å². The van der Waals surface area contributed by atoms with Crippen molar-refractivity contribution in [2.75, 3.05) is 5.88 Å². The van der Waals surface area contributed by atoms with Crippen molar-refractivity contribution in [1.29, 1.82) is 0 Å². The van der Waals surface area contributed by atoms with Crippen molar-refractivity contribution in [3.05, 3.63) is 71.5 Å². The van der Waals surface area contributed by atoms with Crippen LogP contribution in [0, 0.1) is 5.82 Å². The van der Waals surface area contributed by atoms with Gasteiger partial charge >= 0.3 is 0 Å². The predicted octanol–water partition coefficient (Wildman–Crippen LogP) is 5.17. The van der Waals surface area contributed by atoms with E-state index in [0.29, 0.717) is 5.88 Å². The van der Waals surface area contributed by atoms with Gasteiger partial charge in [-0.25, -0.2) is 4.39 Å². The fourth-order valence-electron chi connectivity index (χ4n) is 2.29. The molecule has 0 saturated heterocycles. The van der Waals surface area contributed by atoms with E-state index >= 15 is 0 Å². The van der Waals surface area contributed by atoms with Gasteiger partial charge in [-0.15, -0.1) is 11.6 Å². The van der Waals surface area contributed by atoms with Gasteiger partial charge in [-0.05, 0) is 48.4 Å². The lowest BCUT2D eigenvalue weighted by Gasteiger charge is -2.14. The van der Waals surface area contributed by atoms with Crippen LogP contribution in [0.1, 0.15) is 29.9 Å². The topological polar surface area (TPSA) is 0 Å². The second-order valence-corrected chi connectivity index (χ2v) is 5.09. The number of halogens is 2. The third-order valence-corrected chi connectivity index (χ3v) is 3.74. The maximum Gasteiger partial charge on any atom is 0.123 e. The zero-order valence-electron chi connectivity index (χ0n) is 10.9. The lowest BCUT2D eigenvalue weighted by molar-refractivity contribution is 0.607. The highest BCUT2D eigenvalue weighted by Crippen LogP contribution is 2.24. The number of rotatable bonds is 6. The molecule has 0 aliphatic rings. The second-order valence-electron chi connectivity index (χ2n) is 4.78. The van der Waals surface area contributed by atoms with Crippen molar-refractivity contribution in [2.45, 2.75) is 25.2 Å².